The fraction of sp³-hybridized carbons (Fsp3) is 0.900. The van der Waals surface area contributed by atoms with Crippen LogP contribution in [0.3, 0.4) is 0 Å². The Labute approximate surface area is 96.2 Å². The average Bonchev–Trinajstić information content (AvgIpc) is 2.14. The molecular formula is C10H20ClNOS. The Morgan fingerprint density at radius 1 is 1.57 bits per heavy atom. The van der Waals surface area contributed by atoms with E-state index in [-0.39, 0.29) is 11.9 Å². The van der Waals surface area contributed by atoms with E-state index in [2.05, 4.69) is 12.2 Å². The van der Waals surface area contributed by atoms with Gasteiger partial charge in [-0.25, -0.2) is 0 Å². The first-order chi connectivity index (χ1) is 6.44. The van der Waals surface area contributed by atoms with Crippen LogP contribution < -0.4 is 5.32 Å². The van der Waals surface area contributed by atoms with Crippen LogP contribution in [-0.2, 0) is 4.79 Å². The summed E-state index contributed by atoms with van der Waals surface area (Å²) in [6, 6.07) is 0.218. The number of hydrogen-bond donors (Lipinski definition) is 1. The van der Waals surface area contributed by atoms with Crippen LogP contribution in [0, 0.1) is 5.41 Å². The first-order valence-electron chi connectivity index (χ1n) is 4.88. The first kappa shape index (κ1) is 14.1. The Kier molecular flexibility index (Phi) is 6.62. The van der Waals surface area contributed by atoms with Crippen molar-refractivity contribution in [1.29, 1.82) is 0 Å². The molecule has 1 unspecified atom stereocenters. The average molecular weight is 238 g/mol. The van der Waals surface area contributed by atoms with Crippen LogP contribution in [0.25, 0.3) is 0 Å². The molecule has 2 nitrogen and oxygen atoms in total. The molecule has 0 aromatic heterocycles. The lowest BCUT2D eigenvalue weighted by molar-refractivity contribution is -0.128. The molecule has 0 fully saturated rings. The second kappa shape index (κ2) is 6.57. The zero-order valence-corrected chi connectivity index (χ0v) is 11.0. The maximum atomic E-state index is 11.7. The quantitative estimate of drug-likeness (QED) is 0.720. The summed E-state index contributed by atoms with van der Waals surface area (Å²) in [5.74, 6) is 2.43. The lowest BCUT2D eigenvalue weighted by Crippen LogP contribution is -2.43. The topological polar surface area (TPSA) is 29.1 Å². The van der Waals surface area contributed by atoms with Gasteiger partial charge in [0, 0.05) is 17.7 Å². The summed E-state index contributed by atoms with van der Waals surface area (Å²) >= 11 is 7.54. The van der Waals surface area contributed by atoms with Crippen molar-refractivity contribution < 1.29 is 4.79 Å². The number of rotatable bonds is 6. The van der Waals surface area contributed by atoms with Crippen molar-refractivity contribution in [3.63, 3.8) is 0 Å². The lowest BCUT2D eigenvalue weighted by atomic mass is 9.95. The van der Waals surface area contributed by atoms with Gasteiger partial charge in [-0.15, -0.1) is 11.6 Å². The molecule has 1 atom stereocenters. The van der Waals surface area contributed by atoms with E-state index in [1.165, 1.54) is 0 Å². The number of nitrogens with one attached hydrogen (secondary N) is 1. The molecule has 14 heavy (non-hydrogen) atoms. The van der Waals surface area contributed by atoms with Crippen LogP contribution in [0.15, 0.2) is 0 Å². The molecule has 0 aliphatic rings. The molecule has 0 saturated carbocycles. The predicted octanol–water partition coefficient (Wildman–Crippen LogP) is 2.51. The van der Waals surface area contributed by atoms with Gasteiger partial charge in [-0.3, -0.25) is 4.79 Å². The molecule has 0 aliphatic heterocycles. The Bertz CT molecular complexity index is 185. The summed E-state index contributed by atoms with van der Waals surface area (Å²) in [4.78, 5) is 11.7. The van der Waals surface area contributed by atoms with Crippen molar-refractivity contribution >= 4 is 29.3 Å². The Balaban J connectivity index is 3.93. The van der Waals surface area contributed by atoms with E-state index in [0.29, 0.717) is 5.88 Å². The summed E-state index contributed by atoms with van der Waals surface area (Å²) in [7, 11) is 0. The highest BCUT2D eigenvalue weighted by Crippen LogP contribution is 2.17. The highest BCUT2D eigenvalue weighted by Gasteiger charge is 2.27. The Morgan fingerprint density at radius 3 is 2.57 bits per heavy atom. The SMILES string of the molecule is CCSCC(C)NC(=O)C(C)(C)CCl. The molecule has 0 saturated heterocycles. The van der Waals surface area contributed by atoms with Crippen molar-refractivity contribution in [2.75, 3.05) is 17.4 Å². The van der Waals surface area contributed by atoms with Gasteiger partial charge >= 0.3 is 0 Å². The molecule has 0 aliphatic carbocycles. The van der Waals surface area contributed by atoms with Gasteiger partial charge in [0.2, 0.25) is 5.91 Å². The maximum Gasteiger partial charge on any atom is 0.227 e. The smallest absolute Gasteiger partial charge is 0.227 e. The van der Waals surface area contributed by atoms with E-state index >= 15 is 0 Å². The third-order valence-corrected chi connectivity index (χ3v) is 3.71. The zero-order chi connectivity index (χ0) is 11.2. The third-order valence-electron chi connectivity index (χ3n) is 1.90. The van der Waals surface area contributed by atoms with E-state index < -0.39 is 5.41 Å². The molecule has 0 rings (SSSR count). The summed E-state index contributed by atoms with van der Waals surface area (Å²) < 4.78 is 0. The van der Waals surface area contributed by atoms with Gasteiger partial charge in [0.15, 0.2) is 0 Å². The number of thioether (sulfide) groups is 1. The normalized spacial score (nSPS) is 13.8. The minimum atomic E-state index is -0.466. The molecule has 4 heteroatoms. The van der Waals surface area contributed by atoms with Crippen LogP contribution in [0.2, 0.25) is 0 Å². The van der Waals surface area contributed by atoms with Crippen LogP contribution in [-0.4, -0.2) is 29.3 Å². The van der Waals surface area contributed by atoms with Gasteiger partial charge in [-0.05, 0) is 26.5 Å². The molecule has 1 N–H and O–H groups in total. The minimum absolute atomic E-state index is 0.0386. The second-order valence-electron chi connectivity index (χ2n) is 4.05. The molecular weight excluding hydrogens is 218 g/mol. The standard InChI is InChI=1S/C10H20ClNOS/c1-5-14-6-8(2)12-9(13)10(3,4)7-11/h8H,5-7H2,1-4H3,(H,12,13). The van der Waals surface area contributed by atoms with Crippen molar-refractivity contribution in [3.05, 3.63) is 0 Å². The fourth-order valence-corrected chi connectivity index (χ4v) is 1.61. The van der Waals surface area contributed by atoms with Crippen LogP contribution in [0.4, 0.5) is 0 Å². The van der Waals surface area contributed by atoms with Crippen LogP contribution >= 0.6 is 23.4 Å². The number of alkyl halides is 1. The van der Waals surface area contributed by atoms with Gasteiger partial charge in [-0.1, -0.05) is 6.92 Å². The van der Waals surface area contributed by atoms with Gasteiger partial charge in [0.25, 0.3) is 0 Å². The monoisotopic (exact) mass is 237 g/mol. The van der Waals surface area contributed by atoms with Crippen LogP contribution in [0.1, 0.15) is 27.7 Å². The van der Waals surface area contributed by atoms with Crippen LogP contribution in [0.5, 0.6) is 0 Å². The highest BCUT2D eigenvalue weighted by molar-refractivity contribution is 7.99. The number of halogens is 1. The van der Waals surface area contributed by atoms with E-state index in [0.717, 1.165) is 11.5 Å². The maximum absolute atomic E-state index is 11.7. The fourth-order valence-electron chi connectivity index (χ4n) is 0.816. The van der Waals surface area contributed by atoms with Crippen molar-refractivity contribution in [2.45, 2.75) is 33.7 Å². The zero-order valence-electron chi connectivity index (χ0n) is 9.39. The van der Waals surface area contributed by atoms with Crippen molar-refractivity contribution in [2.24, 2.45) is 5.41 Å². The van der Waals surface area contributed by atoms with E-state index in [9.17, 15) is 4.79 Å². The van der Waals surface area contributed by atoms with E-state index in [1.54, 1.807) is 0 Å². The molecule has 0 bridgehead atoms. The van der Waals surface area contributed by atoms with Crippen molar-refractivity contribution in [1.82, 2.24) is 5.32 Å². The van der Waals surface area contributed by atoms with E-state index in [4.69, 9.17) is 11.6 Å². The first-order valence-corrected chi connectivity index (χ1v) is 6.57. The molecule has 0 heterocycles. The van der Waals surface area contributed by atoms with Gasteiger partial charge < -0.3 is 5.32 Å². The highest BCUT2D eigenvalue weighted by atomic mass is 35.5. The number of hydrogen-bond acceptors (Lipinski definition) is 2. The molecule has 0 spiro atoms. The third kappa shape index (κ3) is 5.11. The Morgan fingerprint density at radius 2 is 2.14 bits per heavy atom. The minimum Gasteiger partial charge on any atom is -0.352 e. The lowest BCUT2D eigenvalue weighted by Gasteiger charge is -2.23. The Hall–Kier alpha value is 0.110. The molecule has 84 valence electrons. The van der Waals surface area contributed by atoms with Gasteiger partial charge in [0.1, 0.15) is 0 Å². The summed E-state index contributed by atoms with van der Waals surface area (Å²) in [5.41, 5.74) is -0.466. The number of carbonyl (C=O) groups is 1. The van der Waals surface area contributed by atoms with Crippen molar-refractivity contribution in [3.8, 4) is 0 Å². The van der Waals surface area contributed by atoms with E-state index in [1.807, 2.05) is 32.5 Å². The van der Waals surface area contributed by atoms with Gasteiger partial charge in [-0.2, -0.15) is 11.8 Å². The molecule has 0 aromatic carbocycles. The predicted molar refractivity (Wildman–Crippen MR) is 65.1 cm³/mol. The summed E-state index contributed by atoms with van der Waals surface area (Å²) in [6.45, 7) is 7.84. The number of carbonyl (C=O) groups excluding carboxylic acids is 1. The second-order valence-corrected chi connectivity index (χ2v) is 5.64. The largest absolute Gasteiger partial charge is 0.352 e. The molecule has 0 aromatic rings. The molecule has 1 amide bonds. The van der Waals surface area contributed by atoms with Gasteiger partial charge in [0.05, 0.1) is 5.41 Å². The summed E-state index contributed by atoms with van der Waals surface area (Å²) in [5, 5.41) is 2.96. The number of amides is 1. The summed E-state index contributed by atoms with van der Waals surface area (Å²) in [6.07, 6.45) is 0. The molecule has 0 radical (unpaired) electrons.